The fraction of sp³-hybridized carbons (Fsp3) is 0.389. The molecule has 1 N–H and O–H groups in total. The number of methoxy groups -OCH3 is 2. The summed E-state index contributed by atoms with van der Waals surface area (Å²) < 4.78 is 12.4. The number of rotatable bonds is 7. The number of hydrogen-bond donors (Lipinski definition) is 1. The van der Waals surface area contributed by atoms with E-state index in [2.05, 4.69) is 27.3 Å². The van der Waals surface area contributed by atoms with Crippen molar-refractivity contribution < 1.29 is 9.47 Å². The molecule has 0 saturated carbocycles. The van der Waals surface area contributed by atoms with Crippen molar-refractivity contribution in [2.45, 2.75) is 33.2 Å². The first kappa shape index (κ1) is 18.3. The summed E-state index contributed by atoms with van der Waals surface area (Å²) in [6.45, 7) is 4.49. The first-order valence-electron chi connectivity index (χ1n) is 8.43. The Bertz CT molecular complexity index is 926. The molecule has 0 atom stereocenters. The summed E-state index contributed by atoms with van der Waals surface area (Å²) in [5.41, 5.74) is 2.50. The van der Waals surface area contributed by atoms with Gasteiger partial charge in [0.25, 0.3) is 0 Å². The van der Waals surface area contributed by atoms with Crippen LogP contribution in [0.4, 0.5) is 5.95 Å². The number of aromatic nitrogens is 4. The fourth-order valence-corrected chi connectivity index (χ4v) is 2.84. The lowest BCUT2D eigenvalue weighted by atomic mass is 10.2. The molecule has 0 amide bonds. The average Bonchev–Trinajstić information content (AvgIpc) is 3.08. The van der Waals surface area contributed by atoms with E-state index in [4.69, 9.17) is 21.1 Å². The molecule has 3 rings (SSSR count). The highest BCUT2D eigenvalue weighted by Gasteiger charge is 2.15. The fourth-order valence-electron chi connectivity index (χ4n) is 2.68. The van der Waals surface area contributed by atoms with Crippen LogP contribution in [-0.2, 0) is 13.0 Å². The van der Waals surface area contributed by atoms with Crippen molar-refractivity contribution in [3.63, 3.8) is 0 Å². The highest BCUT2D eigenvalue weighted by Crippen LogP contribution is 2.26. The Labute approximate surface area is 157 Å². The molecule has 138 valence electrons. The second-order valence-corrected chi connectivity index (χ2v) is 6.25. The molecule has 0 spiro atoms. The zero-order chi connectivity index (χ0) is 18.7. The van der Waals surface area contributed by atoms with E-state index < -0.39 is 0 Å². The van der Waals surface area contributed by atoms with Crippen LogP contribution in [0, 0.1) is 6.92 Å². The molecule has 0 aliphatic rings. The topological polar surface area (TPSA) is 73.6 Å². The SMILES string of the molecule is CCCc1nc2c(C)c(Cl)nc(NCc3ccc(OC)cc3OC)n2n1. The highest BCUT2D eigenvalue weighted by molar-refractivity contribution is 6.30. The Morgan fingerprint density at radius 2 is 2.00 bits per heavy atom. The number of fused-ring (bicyclic) bond motifs is 1. The van der Waals surface area contributed by atoms with Gasteiger partial charge in [0, 0.05) is 30.2 Å². The van der Waals surface area contributed by atoms with Gasteiger partial charge in [-0.2, -0.15) is 4.52 Å². The van der Waals surface area contributed by atoms with Gasteiger partial charge in [-0.15, -0.1) is 5.10 Å². The number of anilines is 1. The molecule has 0 aliphatic heterocycles. The van der Waals surface area contributed by atoms with Crippen LogP contribution >= 0.6 is 11.6 Å². The molecule has 0 saturated heterocycles. The number of ether oxygens (including phenoxy) is 2. The summed E-state index contributed by atoms with van der Waals surface area (Å²) in [5.74, 6) is 2.80. The zero-order valence-corrected chi connectivity index (χ0v) is 16.1. The van der Waals surface area contributed by atoms with Gasteiger partial charge in [0.2, 0.25) is 5.95 Å². The Morgan fingerprint density at radius 3 is 2.69 bits per heavy atom. The van der Waals surface area contributed by atoms with E-state index in [0.29, 0.717) is 17.6 Å². The van der Waals surface area contributed by atoms with Crippen LogP contribution in [-0.4, -0.2) is 33.8 Å². The first-order chi connectivity index (χ1) is 12.6. The minimum Gasteiger partial charge on any atom is -0.497 e. The minimum atomic E-state index is 0.414. The lowest BCUT2D eigenvalue weighted by Crippen LogP contribution is -2.09. The standard InChI is InChI=1S/C18H22ClN5O2/c1-5-6-15-21-17-11(2)16(19)22-18(24(17)23-15)20-10-12-7-8-13(25-3)9-14(12)26-4/h7-9H,5-6,10H2,1-4H3,(H,20,22). The van der Waals surface area contributed by atoms with E-state index in [0.717, 1.165) is 46.9 Å². The van der Waals surface area contributed by atoms with Crippen LogP contribution in [0.25, 0.3) is 5.65 Å². The van der Waals surface area contributed by atoms with Crippen molar-refractivity contribution in [1.29, 1.82) is 0 Å². The van der Waals surface area contributed by atoms with Gasteiger partial charge in [-0.25, -0.2) is 9.97 Å². The van der Waals surface area contributed by atoms with E-state index in [1.54, 1.807) is 18.7 Å². The third-order valence-corrected chi connectivity index (χ3v) is 4.47. The summed E-state index contributed by atoms with van der Waals surface area (Å²) in [7, 11) is 3.26. The number of hydrogen-bond acceptors (Lipinski definition) is 6. The smallest absolute Gasteiger partial charge is 0.227 e. The van der Waals surface area contributed by atoms with E-state index in [1.807, 2.05) is 25.1 Å². The van der Waals surface area contributed by atoms with Gasteiger partial charge in [-0.3, -0.25) is 0 Å². The van der Waals surface area contributed by atoms with Crippen LogP contribution in [0.3, 0.4) is 0 Å². The van der Waals surface area contributed by atoms with Gasteiger partial charge >= 0.3 is 0 Å². The van der Waals surface area contributed by atoms with Crippen molar-refractivity contribution in [2.75, 3.05) is 19.5 Å². The Morgan fingerprint density at radius 1 is 1.19 bits per heavy atom. The largest absolute Gasteiger partial charge is 0.497 e. The van der Waals surface area contributed by atoms with Gasteiger partial charge in [0.05, 0.1) is 14.2 Å². The average molecular weight is 376 g/mol. The molecule has 0 unspecified atom stereocenters. The predicted molar refractivity (Wildman–Crippen MR) is 101 cm³/mol. The lowest BCUT2D eigenvalue weighted by molar-refractivity contribution is 0.391. The Kier molecular flexibility index (Phi) is 5.46. The zero-order valence-electron chi connectivity index (χ0n) is 15.3. The van der Waals surface area contributed by atoms with Gasteiger partial charge in [0.1, 0.15) is 16.7 Å². The molecule has 3 aromatic rings. The third-order valence-electron chi connectivity index (χ3n) is 4.11. The molecular weight excluding hydrogens is 354 g/mol. The third kappa shape index (κ3) is 3.53. The molecule has 2 heterocycles. The van der Waals surface area contributed by atoms with Crippen molar-refractivity contribution in [2.24, 2.45) is 0 Å². The summed E-state index contributed by atoms with van der Waals surface area (Å²) >= 11 is 6.29. The normalized spacial score (nSPS) is 11.0. The number of nitrogens with zero attached hydrogens (tertiary/aromatic N) is 4. The number of halogens is 1. The molecular formula is C18H22ClN5O2. The summed E-state index contributed by atoms with van der Waals surface area (Å²) in [6.07, 6.45) is 1.79. The molecule has 7 nitrogen and oxygen atoms in total. The Balaban J connectivity index is 1.93. The predicted octanol–water partition coefficient (Wildman–Crippen LogP) is 3.67. The van der Waals surface area contributed by atoms with E-state index in [-0.39, 0.29) is 0 Å². The highest BCUT2D eigenvalue weighted by atomic mass is 35.5. The minimum absolute atomic E-state index is 0.414. The van der Waals surface area contributed by atoms with Crippen LogP contribution < -0.4 is 14.8 Å². The molecule has 8 heteroatoms. The second-order valence-electron chi connectivity index (χ2n) is 5.90. The summed E-state index contributed by atoms with van der Waals surface area (Å²) in [6, 6.07) is 5.68. The molecule has 26 heavy (non-hydrogen) atoms. The van der Waals surface area contributed by atoms with Crippen molar-refractivity contribution in [3.8, 4) is 11.5 Å². The van der Waals surface area contributed by atoms with Crippen molar-refractivity contribution >= 4 is 23.2 Å². The Hall–Kier alpha value is -2.54. The van der Waals surface area contributed by atoms with Crippen molar-refractivity contribution in [1.82, 2.24) is 19.6 Å². The van der Waals surface area contributed by atoms with Gasteiger partial charge in [-0.05, 0) is 25.5 Å². The maximum Gasteiger partial charge on any atom is 0.227 e. The molecule has 0 fully saturated rings. The first-order valence-corrected chi connectivity index (χ1v) is 8.81. The maximum atomic E-state index is 6.29. The summed E-state index contributed by atoms with van der Waals surface area (Å²) in [5, 5.41) is 8.26. The number of nitrogens with one attached hydrogen (secondary N) is 1. The monoisotopic (exact) mass is 375 g/mol. The number of aryl methyl sites for hydroxylation is 2. The second kappa shape index (κ2) is 7.78. The van der Waals surface area contributed by atoms with E-state index >= 15 is 0 Å². The van der Waals surface area contributed by atoms with Gasteiger partial charge in [-0.1, -0.05) is 18.5 Å². The van der Waals surface area contributed by atoms with Gasteiger partial charge < -0.3 is 14.8 Å². The molecule has 0 bridgehead atoms. The van der Waals surface area contributed by atoms with E-state index in [1.165, 1.54) is 0 Å². The number of benzene rings is 1. The van der Waals surface area contributed by atoms with Crippen molar-refractivity contribution in [3.05, 3.63) is 40.3 Å². The lowest BCUT2D eigenvalue weighted by Gasteiger charge is -2.12. The molecule has 0 aliphatic carbocycles. The van der Waals surface area contributed by atoms with Crippen LogP contribution in [0.15, 0.2) is 18.2 Å². The maximum absolute atomic E-state index is 6.29. The quantitative estimate of drug-likeness (QED) is 0.635. The molecule has 1 aromatic carbocycles. The van der Waals surface area contributed by atoms with E-state index in [9.17, 15) is 0 Å². The summed E-state index contributed by atoms with van der Waals surface area (Å²) in [4.78, 5) is 9.01. The van der Waals surface area contributed by atoms with Crippen LogP contribution in [0.2, 0.25) is 5.15 Å². The molecule has 0 radical (unpaired) electrons. The molecule has 2 aromatic heterocycles. The van der Waals surface area contributed by atoms with Crippen LogP contribution in [0.1, 0.15) is 30.3 Å². The van der Waals surface area contributed by atoms with Gasteiger partial charge in [0.15, 0.2) is 11.5 Å². The van der Waals surface area contributed by atoms with Crippen LogP contribution in [0.5, 0.6) is 11.5 Å².